The number of ether oxygens (including phenoxy) is 7. The number of non-ortho nitro benzene ring substituents is 1. The lowest BCUT2D eigenvalue weighted by Crippen LogP contribution is -2.58. The second-order valence-electron chi connectivity index (χ2n) is 17.7. The molecule has 380 valence electrons. The summed E-state index contributed by atoms with van der Waals surface area (Å²) in [5.74, 6) is -0.643. The molecular formula is C49H64N6O13S2. The molecule has 3 heterocycles. The first-order valence-electron chi connectivity index (χ1n) is 23.2. The van der Waals surface area contributed by atoms with Crippen molar-refractivity contribution in [2.75, 3.05) is 97.8 Å². The number of carbonyl (C=O) groups excluding carboxylic acids is 3. The number of aromatic nitrogens is 1. The number of β-amino-alcohol motifs (C(OH)–C–C–N with tert-alkyl or cyclic N) is 1. The fraction of sp³-hybridized carbons (Fsp3) is 0.510. The third kappa shape index (κ3) is 16.2. The monoisotopic (exact) mass is 1010 g/mol. The van der Waals surface area contributed by atoms with E-state index in [1.807, 2.05) is 82.6 Å². The zero-order chi connectivity index (χ0) is 50.0. The standard InChI is InChI=1S/C49H64N6O13S2/c1-32(34-6-8-35(9-7-34)45-33(2)50-31-69-45)51-47(58)41-27-37(56)29-54(41)48(59)46(49(3,4)5)53-44(57)30-67-23-22-65-19-18-63-15-14-62-16-17-64-20-21-66-24-25-68-38-11-13-40-43(28-38)70-42-26-36(55(60)61)10-12-39(42)52-40/h6-13,26,28,31-32,37,41,46,52,56H,14-25,27,29-30H2,1-5H3,(H,51,58)(H,53,57)/t32-,37+,41-,46+/m0/s1. The summed E-state index contributed by atoms with van der Waals surface area (Å²) in [5, 5.41) is 30.9. The first kappa shape index (κ1) is 54.1. The van der Waals surface area contributed by atoms with Gasteiger partial charge in [0, 0.05) is 34.9 Å². The molecule has 0 radical (unpaired) electrons. The minimum atomic E-state index is -0.974. The maximum absolute atomic E-state index is 14.0. The number of benzene rings is 3. The van der Waals surface area contributed by atoms with E-state index in [1.165, 1.54) is 22.7 Å². The number of aliphatic hydroxyl groups is 1. The highest BCUT2D eigenvalue weighted by Crippen LogP contribution is 2.46. The van der Waals surface area contributed by atoms with Gasteiger partial charge in [0.2, 0.25) is 17.7 Å². The van der Waals surface area contributed by atoms with E-state index in [0.29, 0.717) is 71.8 Å². The highest BCUT2D eigenvalue weighted by atomic mass is 32.2. The number of aliphatic hydroxyl groups excluding tert-OH is 1. The van der Waals surface area contributed by atoms with E-state index in [0.717, 1.165) is 42.9 Å². The van der Waals surface area contributed by atoms with Crippen LogP contribution in [0.1, 0.15) is 51.4 Å². The van der Waals surface area contributed by atoms with Gasteiger partial charge in [0.05, 0.1) is 117 Å². The molecule has 1 fully saturated rings. The van der Waals surface area contributed by atoms with E-state index >= 15 is 0 Å². The van der Waals surface area contributed by atoms with Crippen molar-refractivity contribution in [3.05, 3.63) is 87.5 Å². The van der Waals surface area contributed by atoms with Crippen LogP contribution in [0.4, 0.5) is 17.1 Å². The molecule has 2 aliphatic rings. The fourth-order valence-electron chi connectivity index (χ4n) is 7.56. The van der Waals surface area contributed by atoms with Gasteiger partial charge in [0.15, 0.2) is 0 Å². The van der Waals surface area contributed by atoms with Gasteiger partial charge in [-0.15, -0.1) is 11.3 Å². The topological polar surface area (TPSA) is 231 Å². The Labute approximate surface area is 416 Å². The predicted molar refractivity (Wildman–Crippen MR) is 264 cm³/mol. The summed E-state index contributed by atoms with van der Waals surface area (Å²) < 4.78 is 39.1. The number of anilines is 2. The summed E-state index contributed by atoms with van der Waals surface area (Å²) >= 11 is 3.02. The number of aryl methyl sites for hydroxylation is 1. The van der Waals surface area contributed by atoms with Gasteiger partial charge in [-0.05, 0) is 54.7 Å². The number of carbonyl (C=O) groups is 3. The van der Waals surface area contributed by atoms with Crippen LogP contribution in [0.5, 0.6) is 5.75 Å². The molecule has 0 bridgehead atoms. The molecule has 3 amide bonds. The van der Waals surface area contributed by atoms with E-state index in [-0.39, 0.29) is 50.4 Å². The van der Waals surface area contributed by atoms with Crippen molar-refractivity contribution in [3.63, 3.8) is 0 Å². The number of rotatable bonds is 28. The van der Waals surface area contributed by atoms with Crippen LogP contribution in [-0.2, 0) is 42.8 Å². The molecule has 21 heteroatoms. The summed E-state index contributed by atoms with van der Waals surface area (Å²) in [5.41, 5.74) is 5.78. The summed E-state index contributed by atoms with van der Waals surface area (Å²) in [6.07, 6.45) is -0.797. The molecule has 3 aromatic carbocycles. The molecule has 0 aliphatic carbocycles. The summed E-state index contributed by atoms with van der Waals surface area (Å²) in [6, 6.07) is 16.1. The van der Waals surface area contributed by atoms with E-state index in [1.54, 1.807) is 23.5 Å². The van der Waals surface area contributed by atoms with Crippen LogP contribution in [0, 0.1) is 22.5 Å². The van der Waals surface area contributed by atoms with Gasteiger partial charge in [0.1, 0.15) is 31.0 Å². The Bertz CT molecular complexity index is 2350. The zero-order valence-electron chi connectivity index (χ0n) is 40.3. The van der Waals surface area contributed by atoms with Gasteiger partial charge in [0.25, 0.3) is 5.69 Å². The Morgan fingerprint density at radius 3 is 1.97 bits per heavy atom. The van der Waals surface area contributed by atoms with E-state index in [2.05, 4.69) is 20.9 Å². The van der Waals surface area contributed by atoms with Crippen molar-refractivity contribution in [1.82, 2.24) is 20.5 Å². The van der Waals surface area contributed by atoms with Crippen molar-refractivity contribution >= 4 is 57.9 Å². The lowest BCUT2D eigenvalue weighted by Gasteiger charge is -2.35. The number of thiazole rings is 1. The number of fused-ring (bicyclic) bond motifs is 2. The largest absolute Gasteiger partial charge is 0.491 e. The maximum Gasteiger partial charge on any atom is 0.270 e. The highest BCUT2D eigenvalue weighted by molar-refractivity contribution is 7.99. The molecule has 4 N–H and O–H groups in total. The summed E-state index contributed by atoms with van der Waals surface area (Å²) in [7, 11) is 0. The lowest BCUT2D eigenvalue weighted by atomic mass is 9.85. The Hall–Kier alpha value is -5.23. The van der Waals surface area contributed by atoms with E-state index in [4.69, 9.17) is 33.2 Å². The minimum Gasteiger partial charge on any atom is -0.491 e. The van der Waals surface area contributed by atoms with Crippen molar-refractivity contribution in [2.24, 2.45) is 5.41 Å². The number of nitro benzene ring substituents is 1. The van der Waals surface area contributed by atoms with Crippen LogP contribution in [0.25, 0.3) is 10.4 Å². The molecule has 4 aromatic rings. The Morgan fingerprint density at radius 1 is 0.829 bits per heavy atom. The molecule has 0 unspecified atom stereocenters. The summed E-state index contributed by atoms with van der Waals surface area (Å²) in [4.78, 5) is 59.8. The van der Waals surface area contributed by atoms with Gasteiger partial charge in [-0.3, -0.25) is 24.5 Å². The minimum absolute atomic E-state index is 0.0257. The smallest absolute Gasteiger partial charge is 0.270 e. The molecule has 19 nitrogen and oxygen atoms in total. The number of hydrogen-bond donors (Lipinski definition) is 4. The molecule has 1 aromatic heterocycles. The lowest BCUT2D eigenvalue weighted by molar-refractivity contribution is -0.385. The number of likely N-dealkylation sites (tertiary alicyclic amines) is 1. The van der Waals surface area contributed by atoms with Crippen LogP contribution in [-0.4, -0.2) is 148 Å². The quantitative estimate of drug-likeness (QED) is 0.0253. The third-order valence-electron chi connectivity index (χ3n) is 11.3. The van der Waals surface area contributed by atoms with Crippen LogP contribution >= 0.6 is 23.1 Å². The normalized spacial score (nSPS) is 16.2. The number of amides is 3. The molecule has 70 heavy (non-hydrogen) atoms. The molecule has 1 saturated heterocycles. The van der Waals surface area contributed by atoms with Crippen LogP contribution in [0.3, 0.4) is 0 Å². The van der Waals surface area contributed by atoms with E-state index < -0.39 is 40.3 Å². The Morgan fingerprint density at radius 2 is 1.40 bits per heavy atom. The van der Waals surface area contributed by atoms with Crippen molar-refractivity contribution in [2.45, 2.75) is 75.1 Å². The van der Waals surface area contributed by atoms with Gasteiger partial charge in [-0.1, -0.05) is 56.8 Å². The Balaban J connectivity index is 0.749. The number of nitrogens with one attached hydrogen (secondary N) is 3. The van der Waals surface area contributed by atoms with Gasteiger partial charge < -0.3 is 59.1 Å². The van der Waals surface area contributed by atoms with Gasteiger partial charge in [-0.2, -0.15) is 0 Å². The van der Waals surface area contributed by atoms with E-state index in [9.17, 15) is 29.6 Å². The average Bonchev–Trinajstić information content (AvgIpc) is 3.96. The number of nitro groups is 1. The third-order valence-corrected chi connectivity index (χ3v) is 13.4. The molecule has 2 aliphatic heterocycles. The number of nitrogens with zero attached hydrogens (tertiary/aromatic N) is 3. The molecule has 0 spiro atoms. The molecule has 6 rings (SSSR count). The molecule has 4 atom stereocenters. The second-order valence-corrected chi connectivity index (χ2v) is 19.6. The fourth-order valence-corrected chi connectivity index (χ4v) is 9.42. The van der Waals surface area contributed by atoms with Crippen LogP contribution in [0.15, 0.2) is 76.0 Å². The Kier molecular flexibility index (Phi) is 20.7. The average molecular weight is 1010 g/mol. The van der Waals surface area contributed by atoms with Crippen molar-refractivity contribution < 1.29 is 57.6 Å². The van der Waals surface area contributed by atoms with Gasteiger partial charge >= 0.3 is 0 Å². The van der Waals surface area contributed by atoms with Crippen LogP contribution in [0.2, 0.25) is 0 Å². The van der Waals surface area contributed by atoms with Crippen molar-refractivity contribution in [3.8, 4) is 16.2 Å². The van der Waals surface area contributed by atoms with Crippen LogP contribution < -0.4 is 20.7 Å². The first-order valence-corrected chi connectivity index (χ1v) is 24.9. The first-order chi connectivity index (χ1) is 33.7. The molecular weight excluding hydrogens is 945 g/mol. The van der Waals surface area contributed by atoms with Gasteiger partial charge in [-0.25, -0.2) is 4.98 Å². The SMILES string of the molecule is Cc1ncsc1-c1ccc([C@H](C)NC(=O)[C@@H]2C[C@@H](O)CN2C(=O)[C@@H](NC(=O)COCCOCCOCCOCCOCCOCCOc2ccc3c(c2)Sc2cc([N+](=O)[O-])ccc2N3)C(C)(C)C)cc1. The maximum atomic E-state index is 14.0. The predicted octanol–water partition coefficient (Wildman–Crippen LogP) is 6.08. The molecule has 0 saturated carbocycles. The van der Waals surface area contributed by atoms with Crippen molar-refractivity contribution in [1.29, 1.82) is 0 Å². The number of hydrogen-bond acceptors (Lipinski definition) is 17. The second kappa shape index (κ2) is 26.8. The summed E-state index contributed by atoms with van der Waals surface area (Å²) in [6.45, 7) is 13.2. The zero-order valence-corrected chi connectivity index (χ0v) is 41.9. The highest BCUT2D eigenvalue weighted by Gasteiger charge is 2.44.